The summed E-state index contributed by atoms with van der Waals surface area (Å²) in [5.74, 6) is 0. The highest BCUT2D eigenvalue weighted by Crippen LogP contribution is 2.46. The van der Waals surface area contributed by atoms with Gasteiger partial charge in [-0.15, -0.1) is 0 Å². The molecule has 0 saturated carbocycles. The zero-order valence-electron chi connectivity index (χ0n) is 28.3. The maximum absolute atomic E-state index is 10.6. The summed E-state index contributed by atoms with van der Waals surface area (Å²) in [4.78, 5) is 4.69. The molecule has 0 saturated heterocycles. The molecule has 0 unspecified atom stereocenters. The number of hydrogen-bond acceptors (Lipinski definition) is 3. The van der Waals surface area contributed by atoms with Crippen molar-refractivity contribution in [3.05, 3.63) is 107 Å². The van der Waals surface area contributed by atoms with Crippen LogP contribution >= 0.6 is 0 Å². The Kier molecular flexibility index (Phi) is 6.52. The number of aromatic nitrogens is 2. The molecule has 4 heteroatoms. The van der Waals surface area contributed by atoms with E-state index in [1.54, 1.807) is 0 Å². The molecular formula is C42H41N3O. The Labute approximate surface area is 271 Å². The maximum Gasteiger partial charge on any atom is 0.160 e. The van der Waals surface area contributed by atoms with Crippen molar-refractivity contribution in [1.82, 2.24) is 9.55 Å². The highest BCUT2D eigenvalue weighted by atomic mass is 16.3. The van der Waals surface area contributed by atoms with Gasteiger partial charge in [-0.05, 0) is 87.5 Å². The number of nitriles is 1. The van der Waals surface area contributed by atoms with Crippen LogP contribution in [0.5, 0.6) is 0 Å². The second kappa shape index (κ2) is 10.1. The Hall–Kier alpha value is -4.88. The van der Waals surface area contributed by atoms with Crippen LogP contribution in [-0.2, 0) is 16.2 Å². The van der Waals surface area contributed by atoms with Crippen LogP contribution < -0.4 is 0 Å². The van der Waals surface area contributed by atoms with Crippen molar-refractivity contribution in [1.29, 1.82) is 5.26 Å². The van der Waals surface area contributed by atoms with Gasteiger partial charge >= 0.3 is 0 Å². The first-order valence-corrected chi connectivity index (χ1v) is 16.1. The van der Waals surface area contributed by atoms with Crippen molar-refractivity contribution in [2.75, 3.05) is 0 Å². The van der Waals surface area contributed by atoms with Crippen LogP contribution in [-0.4, -0.2) is 9.55 Å². The van der Waals surface area contributed by atoms with E-state index < -0.39 is 0 Å². The first kappa shape index (κ1) is 29.8. The SMILES string of the molecule is CC(C)(C)c1ccc2c(c1)c1cc(C(C)(C)C)ccc1n2-c1c(C#N)ccc2c1oc1c(-c3ccccn3)ccc(C(C)(C)C)c12. The third kappa shape index (κ3) is 4.60. The van der Waals surface area contributed by atoms with Crippen molar-refractivity contribution in [3.63, 3.8) is 0 Å². The average molecular weight is 604 g/mol. The number of pyridine rings is 1. The molecule has 3 heterocycles. The number of fused-ring (bicyclic) bond motifs is 6. The van der Waals surface area contributed by atoms with Gasteiger partial charge < -0.3 is 8.98 Å². The Morgan fingerprint density at radius 3 is 1.80 bits per heavy atom. The van der Waals surface area contributed by atoms with Crippen LogP contribution in [0.15, 0.2) is 89.5 Å². The Morgan fingerprint density at radius 2 is 1.28 bits per heavy atom. The van der Waals surface area contributed by atoms with Crippen LogP contribution in [0.1, 0.15) is 84.6 Å². The van der Waals surface area contributed by atoms with E-state index in [0.29, 0.717) is 11.1 Å². The van der Waals surface area contributed by atoms with E-state index in [1.807, 2.05) is 30.5 Å². The third-order valence-electron chi connectivity index (χ3n) is 9.35. The fourth-order valence-corrected chi connectivity index (χ4v) is 6.79. The molecule has 0 aliphatic rings. The summed E-state index contributed by atoms with van der Waals surface area (Å²) in [6.45, 7) is 20.2. The zero-order valence-corrected chi connectivity index (χ0v) is 28.3. The molecule has 0 radical (unpaired) electrons. The molecule has 7 aromatic rings. The summed E-state index contributed by atoms with van der Waals surface area (Å²) in [6, 6.07) is 30.4. The van der Waals surface area contributed by atoms with Crippen LogP contribution in [0, 0.1) is 11.3 Å². The van der Waals surface area contributed by atoms with Gasteiger partial charge in [0.05, 0.1) is 22.3 Å². The molecule has 0 bridgehead atoms. The minimum Gasteiger partial charge on any atom is -0.453 e. The fourth-order valence-electron chi connectivity index (χ4n) is 6.79. The molecule has 0 fully saturated rings. The van der Waals surface area contributed by atoms with Gasteiger partial charge in [0, 0.05) is 33.3 Å². The van der Waals surface area contributed by atoms with Crippen LogP contribution in [0.4, 0.5) is 0 Å². The molecule has 0 atom stereocenters. The Balaban J connectivity index is 1.67. The van der Waals surface area contributed by atoms with Crippen molar-refractivity contribution >= 4 is 43.7 Å². The van der Waals surface area contributed by atoms with Gasteiger partial charge in [-0.25, -0.2) is 0 Å². The van der Waals surface area contributed by atoms with Gasteiger partial charge in [0.15, 0.2) is 5.58 Å². The summed E-state index contributed by atoms with van der Waals surface area (Å²) in [6.07, 6.45) is 1.82. The fraction of sp³-hybridized carbons (Fsp3) is 0.286. The van der Waals surface area contributed by atoms with E-state index >= 15 is 0 Å². The van der Waals surface area contributed by atoms with E-state index in [2.05, 4.69) is 133 Å². The van der Waals surface area contributed by atoms with Gasteiger partial charge in [0.2, 0.25) is 0 Å². The number of rotatable bonds is 2. The number of benzene rings is 4. The molecule has 4 nitrogen and oxygen atoms in total. The Morgan fingerprint density at radius 1 is 0.652 bits per heavy atom. The minimum absolute atomic E-state index is 0.00789. The van der Waals surface area contributed by atoms with Gasteiger partial charge in [-0.3, -0.25) is 4.98 Å². The smallest absolute Gasteiger partial charge is 0.160 e. The van der Waals surface area contributed by atoms with Crippen molar-refractivity contribution in [3.8, 4) is 23.0 Å². The van der Waals surface area contributed by atoms with Gasteiger partial charge in [-0.1, -0.05) is 86.6 Å². The standard InChI is InChI=1S/C42H41N3O/c1-40(2,3)26-14-19-34-30(22-26)31-23-27(41(4,5)6)15-20-35(31)45(34)37-25(24-43)13-16-29-36-32(42(7,8)9)18-17-28(38(36)46-39(29)37)33-12-10-11-21-44-33/h10-23H,1-9H3. The molecule has 3 aromatic heterocycles. The average Bonchev–Trinajstić information content (AvgIpc) is 3.54. The largest absolute Gasteiger partial charge is 0.453 e. The summed E-state index contributed by atoms with van der Waals surface area (Å²) in [7, 11) is 0. The van der Waals surface area contributed by atoms with Crippen LogP contribution in [0.2, 0.25) is 0 Å². The normalized spacial score (nSPS) is 12.9. The highest BCUT2D eigenvalue weighted by molar-refractivity contribution is 6.16. The van der Waals surface area contributed by atoms with E-state index in [1.165, 1.54) is 27.5 Å². The van der Waals surface area contributed by atoms with E-state index in [-0.39, 0.29) is 16.2 Å². The third-order valence-corrected chi connectivity index (χ3v) is 9.35. The molecular weight excluding hydrogens is 562 g/mol. The van der Waals surface area contributed by atoms with Gasteiger partial charge in [0.25, 0.3) is 0 Å². The summed E-state index contributed by atoms with van der Waals surface area (Å²) < 4.78 is 9.27. The lowest BCUT2D eigenvalue weighted by molar-refractivity contribution is 0.590. The molecule has 0 aliphatic heterocycles. The lowest BCUT2D eigenvalue weighted by Gasteiger charge is -2.21. The number of hydrogen-bond donors (Lipinski definition) is 0. The molecule has 0 aliphatic carbocycles. The molecule has 0 spiro atoms. The number of furan rings is 1. The van der Waals surface area contributed by atoms with Gasteiger partial charge in [-0.2, -0.15) is 5.26 Å². The van der Waals surface area contributed by atoms with Crippen molar-refractivity contribution in [2.45, 2.75) is 78.6 Å². The second-order valence-electron chi connectivity index (χ2n) is 15.7. The lowest BCUT2D eigenvalue weighted by atomic mass is 9.83. The first-order chi connectivity index (χ1) is 21.7. The van der Waals surface area contributed by atoms with Gasteiger partial charge in [0.1, 0.15) is 17.3 Å². The van der Waals surface area contributed by atoms with Crippen molar-refractivity contribution in [2.24, 2.45) is 0 Å². The summed E-state index contributed by atoms with van der Waals surface area (Å²) >= 11 is 0. The van der Waals surface area contributed by atoms with Crippen molar-refractivity contribution < 1.29 is 4.42 Å². The topological polar surface area (TPSA) is 54.8 Å². The monoisotopic (exact) mass is 603 g/mol. The molecule has 0 N–H and O–H groups in total. The quantitative estimate of drug-likeness (QED) is 0.197. The molecule has 4 aromatic carbocycles. The summed E-state index contributed by atoms with van der Waals surface area (Å²) in [5, 5.41) is 15.0. The highest BCUT2D eigenvalue weighted by Gasteiger charge is 2.28. The van der Waals surface area contributed by atoms with E-state index in [0.717, 1.165) is 44.3 Å². The second-order valence-corrected chi connectivity index (χ2v) is 15.7. The first-order valence-electron chi connectivity index (χ1n) is 16.1. The molecule has 7 rings (SSSR count). The predicted octanol–water partition coefficient (Wildman–Crippen LogP) is 11.5. The molecule has 230 valence electrons. The Bertz CT molecular complexity index is 2290. The zero-order chi connectivity index (χ0) is 32.8. The lowest BCUT2D eigenvalue weighted by Crippen LogP contribution is -2.11. The van der Waals surface area contributed by atoms with Crippen LogP contribution in [0.3, 0.4) is 0 Å². The van der Waals surface area contributed by atoms with Crippen LogP contribution in [0.25, 0.3) is 60.7 Å². The maximum atomic E-state index is 10.6. The summed E-state index contributed by atoms with van der Waals surface area (Å²) in [5.41, 5.74) is 10.4. The molecule has 46 heavy (non-hydrogen) atoms. The number of nitrogens with zero attached hydrogens (tertiary/aromatic N) is 3. The van der Waals surface area contributed by atoms with E-state index in [9.17, 15) is 5.26 Å². The predicted molar refractivity (Wildman–Crippen MR) is 192 cm³/mol. The minimum atomic E-state index is -0.134. The van der Waals surface area contributed by atoms with E-state index in [4.69, 9.17) is 4.42 Å². The molecule has 0 amide bonds.